The molecule has 0 saturated carbocycles. The van der Waals surface area contributed by atoms with Gasteiger partial charge in [-0.15, -0.1) is 0 Å². The highest BCUT2D eigenvalue weighted by molar-refractivity contribution is 6.01. The van der Waals surface area contributed by atoms with Crippen molar-refractivity contribution in [3.8, 4) is 0 Å². The van der Waals surface area contributed by atoms with E-state index in [4.69, 9.17) is 0 Å². The van der Waals surface area contributed by atoms with E-state index >= 15 is 0 Å². The fourth-order valence-electron chi connectivity index (χ4n) is 2.08. The van der Waals surface area contributed by atoms with Crippen LogP contribution in [0, 0.1) is 0 Å². The molecule has 1 amide bonds. The second-order valence-corrected chi connectivity index (χ2v) is 3.85. The number of rotatable bonds is 0. The van der Waals surface area contributed by atoms with Crippen LogP contribution in [0.1, 0.15) is 11.1 Å². The quantitative estimate of drug-likeness (QED) is 0.642. The van der Waals surface area contributed by atoms with Crippen molar-refractivity contribution in [2.24, 2.45) is 0 Å². The van der Waals surface area contributed by atoms with Crippen LogP contribution in [0.5, 0.6) is 0 Å². The number of carbonyl (C=O) groups is 1. The van der Waals surface area contributed by atoms with Gasteiger partial charge in [-0.2, -0.15) is 0 Å². The Kier molecular flexibility index (Phi) is 2.00. The minimum atomic E-state index is 0.0480. The highest BCUT2D eigenvalue weighted by atomic mass is 16.2. The summed E-state index contributed by atoms with van der Waals surface area (Å²) in [6.45, 7) is 0.656. The van der Waals surface area contributed by atoms with E-state index in [0.29, 0.717) is 6.54 Å². The molecule has 78 valence electrons. The molecular formula is C14H11NO. The number of carbonyl (C=O) groups excluding carboxylic acids is 1. The molecule has 0 aromatic heterocycles. The molecule has 0 spiro atoms. The molecule has 0 radical (unpaired) electrons. The minimum absolute atomic E-state index is 0.0480. The Morgan fingerprint density at radius 1 is 1.12 bits per heavy atom. The first-order chi connectivity index (χ1) is 7.86. The van der Waals surface area contributed by atoms with E-state index in [1.807, 2.05) is 42.5 Å². The highest BCUT2D eigenvalue weighted by Gasteiger charge is 2.21. The van der Waals surface area contributed by atoms with Gasteiger partial charge in [-0.05, 0) is 17.7 Å². The van der Waals surface area contributed by atoms with E-state index in [2.05, 4.69) is 6.07 Å². The van der Waals surface area contributed by atoms with Crippen molar-refractivity contribution in [2.75, 3.05) is 6.54 Å². The Morgan fingerprint density at radius 2 is 2.00 bits per heavy atom. The summed E-state index contributed by atoms with van der Waals surface area (Å²) < 4.78 is 0. The Balaban J connectivity index is 2.24. The number of fused-ring (bicyclic) bond motifs is 3. The molecule has 0 aliphatic carbocycles. The highest BCUT2D eigenvalue weighted by Crippen LogP contribution is 2.28. The average Bonchev–Trinajstić information content (AvgIpc) is 2.49. The van der Waals surface area contributed by atoms with Gasteiger partial charge in [-0.1, -0.05) is 36.4 Å². The summed E-state index contributed by atoms with van der Waals surface area (Å²) in [5.41, 5.74) is 3.21. The Morgan fingerprint density at radius 3 is 2.94 bits per heavy atom. The van der Waals surface area contributed by atoms with E-state index in [9.17, 15) is 4.79 Å². The van der Waals surface area contributed by atoms with Crippen LogP contribution in [0.25, 0.3) is 11.8 Å². The van der Waals surface area contributed by atoms with E-state index in [1.54, 1.807) is 11.0 Å². The predicted octanol–water partition coefficient (Wildman–Crippen LogP) is 2.45. The van der Waals surface area contributed by atoms with Crippen molar-refractivity contribution < 1.29 is 4.79 Å². The molecule has 2 aliphatic rings. The first-order valence-corrected chi connectivity index (χ1v) is 5.32. The molecule has 2 heteroatoms. The zero-order chi connectivity index (χ0) is 11.0. The summed E-state index contributed by atoms with van der Waals surface area (Å²) in [6, 6.07) is 8.07. The maximum atomic E-state index is 11.9. The summed E-state index contributed by atoms with van der Waals surface area (Å²) in [5, 5.41) is 0. The van der Waals surface area contributed by atoms with Crippen LogP contribution < -0.4 is 0 Å². The average molecular weight is 209 g/mol. The van der Waals surface area contributed by atoms with Crippen molar-refractivity contribution in [3.63, 3.8) is 0 Å². The summed E-state index contributed by atoms with van der Waals surface area (Å²) >= 11 is 0. The lowest BCUT2D eigenvalue weighted by Crippen LogP contribution is -2.28. The molecule has 0 N–H and O–H groups in total. The van der Waals surface area contributed by atoms with E-state index in [0.717, 1.165) is 16.8 Å². The lowest BCUT2D eigenvalue weighted by molar-refractivity contribution is -0.122. The molecule has 0 atom stereocenters. The number of hydrogen-bond donors (Lipinski definition) is 0. The Bertz CT molecular complexity index is 537. The second kappa shape index (κ2) is 3.49. The third kappa shape index (κ3) is 1.31. The summed E-state index contributed by atoms with van der Waals surface area (Å²) in [5.74, 6) is 0.0480. The Hall–Kier alpha value is -2.09. The molecule has 1 aromatic rings. The normalized spacial score (nSPS) is 17.6. The summed E-state index contributed by atoms with van der Waals surface area (Å²) in [4.78, 5) is 13.7. The van der Waals surface area contributed by atoms with Gasteiger partial charge in [0.25, 0.3) is 5.91 Å². The van der Waals surface area contributed by atoms with Crippen LogP contribution in [-0.4, -0.2) is 17.4 Å². The van der Waals surface area contributed by atoms with Gasteiger partial charge >= 0.3 is 0 Å². The van der Waals surface area contributed by atoms with E-state index in [-0.39, 0.29) is 5.91 Å². The van der Waals surface area contributed by atoms with Crippen molar-refractivity contribution >= 4 is 17.7 Å². The standard InChI is InChI=1S/C14H11NO/c16-14-9-8-11-5-1-2-6-12(11)13-7-3-4-10-15(13)14/h1-9H,10H2. The molecule has 2 aliphatic heterocycles. The fourth-order valence-corrected chi connectivity index (χ4v) is 2.08. The molecule has 3 rings (SSSR count). The zero-order valence-corrected chi connectivity index (χ0v) is 8.76. The summed E-state index contributed by atoms with van der Waals surface area (Å²) in [6.07, 6.45) is 9.51. The molecule has 2 heterocycles. The third-order valence-corrected chi connectivity index (χ3v) is 2.88. The van der Waals surface area contributed by atoms with Crippen molar-refractivity contribution in [1.82, 2.24) is 4.90 Å². The van der Waals surface area contributed by atoms with Crippen LogP contribution in [0.3, 0.4) is 0 Å². The van der Waals surface area contributed by atoms with Crippen molar-refractivity contribution in [2.45, 2.75) is 0 Å². The van der Waals surface area contributed by atoms with Gasteiger partial charge in [-0.3, -0.25) is 4.79 Å². The number of nitrogens with zero attached hydrogens (tertiary/aromatic N) is 1. The predicted molar refractivity (Wildman–Crippen MR) is 64.3 cm³/mol. The molecule has 1 aromatic carbocycles. The fraction of sp³-hybridized carbons (Fsp3) is 0.0714. The second-order valence-electron chi connectivity index (χ2n) is 3.85. The van der Waals surface area contributed by atoms with Crippen LogP contribution in [0.2, 0.25) is 0 Å². The first kappa shape index (κ1) is 9.16. The first-order valence-electron chi connectivity index (χ1n) is 5.32. The van der Waals surface area contributed by atoms with E-state index in [1.165, 1.54) is 0 Å². The Labute approximate surface area is 94.2 Å². The van der Waals surface area contributed by atoms with Crippen molar-refractivity contribution in [1.29, 1.82) is 0 Å². The van der Waals surface area contributed by atoms with Crippen LogP contribution in [0.4, 0.5) is 0 Å². The number of amides is 1. The largest absolute Gasteiger partial charge is 0.304 e. The van der Waals surface area contributed by atoms with Crippen molar-refractivity contribution in [3.05, 3.63) is 59.7 Å². The lowest BCUT2D eigenvalue weighted by atomic mass is 10.0. The van der Waals surface area contributed by atoms with Crippen LogP contribution >= 0.6 is 0 Å². The van der Waals surface area contributed by atoms with Gasteiger partial charge in [-0.25, -0.2) is 0 Å². The monoisotopic (exact) mass is 209 g/mol. The van der Waals surface area contributed by atoms with Crippen LogP contribution in [-0.2, 0) is 4.79 Å². The van der Waals surface area contributed by atoms with Gasteiger partial charge < -0.3 is 4.90 Å². The zero-order valence-electron chi connectivity index (χ0n) is 8.76. The molecule has 0 bridgehead atoms. The molecule has 0 unspecified atom stereocenters. The topological polar surface area (TPSA) is 20.3 Å². The third-order valence-electron chi connectivity index (χ3n) is 2.88. The number of hydrogen-bond acceptors (Lipinski definition) is 1. The summed E-state index contributed by atoms with van der Waals surface area (Å²) in [7, 11) is 0. The van der Waals surface area contributed by atoms with Gasteiger partial charge in [0.1, 0.15) is 0 Å². The van der Waals surface area contributed by atoms with Gasteiger partial charge in [0.15, 0.2) is 0 Å². The maximum absolute atomic E-state index is 11.9. The van der Waals surface area contributed by atoms with Crippen LogP contribution in [0.15, 0.2) is 48.6 Å². The van der Waals surface area contributed by atoms with Gasteiger partial charge in [0, 0.05) is 18.2 Å². The molecule has 16 heavy (non-hydrogen) atoms. The lowest BCUT2D eigenvalue weighted by Gasteiger charge is -2.24. The molecule has 2 nitrogen and oxygen atoms in total. The molecule has 0 saturated heterocycles. The smallest absolute Gasteiger partial charge is 0.251 e. The SMILES string of the molecule is O=C1C=Cc2ccccc2C2=CC=CCN12. The van der Waals surface area contributed by atoms with E-state index < -0.39 is 0 Å². The minimum Gasteiger partial charge on any atom is -0.304 e. The van der Waals surface area contributed by atoms with Gasteiger partial charge in [0.05, 0.1) is 5.70 Å². The number of benzene rings is 1. The number of allylic oxidation sites excluding steroid dienone is 2. The molecular weight excluding hydrogens is 198 g/mol. The molecule has 0 fully saturated rings. The maximum Gasteiger partial charge on any atom is 0.251 e. The van der Waals surface area contributed by atoms with Gasteiger partial charge in [0.2, 0.25) is 0 Å².